The highest BCUT2D eigenvalue weighted by Crippen LogP contribution is 2.17. The third-order valence-corrected chi connectivity index (χ3v) is 3.50. The number of ether oxygens (including phenoxy) is 1. The molecule has 0 spiro atoms. The number of benzene rings is 1. The number of para-hydroxylation sites is 2. The molecule has 0 aliphatic rings. The summed E-state index contributed by atoms with van der Waals surface area (Å²) in [4.78, 5) is 4.69. The molecule has 0 aliphatic heterocycles. The Balaban J connectivity index is 2.24. The standard InChI is InChI=1S/C15H23N3O/c1-4-18-14-9-7-6-8-13(14)17-15(18)10-12(16)11(3)19-5-2/h6-9,11-12H,4-5,10,16H2,1-3H3. The third-order valence-electron chi connectivity index (χ3n) is 3.50. The van der Waals surface area contributed by atoms with Crippen LogP contribution in [0.25, 0.3) is 11.0 Å². The number of fused-ring (bicyclic) bond motifs is 1. The van der Waals surface area contributed by atoms with E-state index in [1.165, 1.54) is 5.52 Å². The van der Waals surface area contributed by atoms with Crippen molar-refractivity contribution in [1.29, 1.82) is 0 Å². The van der Waals surface area contributed by atoms with Crippen molar-refractivity contribution >= 4 is 11.0 Å². The maximum Gasteiger partial charge on any atom is 0.111 e. The van der Waals surface area contributed by atoms with E-state index in [1.54, 1.807) is 0 Å². The number of hydrogen-bond acceptors (Lipinski definition) is 3. The van der Waals surface area contributed by atoms with Gasteiger partial charge in [-0.25, -0.2) is 4.98 Å². The molecule has 104 valence electrons. The SMILES string of the molecule is CCOC(C)C(N)Cc1nc2ccccc2n1CC. The van der Waals surface area contributed by atoms with Crippen LogP contribution >= 0.6 is 0 Å². The fraction of sp³-hybridized carbons (Fsp3) is 0.533. The van der Waals surface area contributed by atoms with Crippen LogP contribution in [0.15, 0.2) is 24.3 Å². The predicted molar refractivity (Wildman–Crippen MR) is 78.2 cm³/mol. The van der Waals surface area contributed by atoms with Crippen LogP contribution in [0.2, 0.25) is 0 Å². The quantitative estimate of drug-likeness (QED) is 0.868. The van der Waals surface area contributed by atoms with E-state index in [-0.39, 0.29) is 12.1 Å². The van der Waals surface area contributed by atoms with Gasteiger partial charge in [-0.15, -0.1) is 0 Å². The number of nitrogens with zero attached hydrogens (tertiary/aromatic N) is 2. The summed E-state index contributed by atoms with van der Waals surface area (Å²) in [5.74, 6) is 1.04. The Morgan fingerprint density at radius 1 is 1.32 bits per heavy atom. The second kappa shape index (κ2) is 6.17. The van der Waals surface area contributed by atoms with Crippen molar-refractivity contribution in [3.63, 3.8) is 0 Å². The van der Waals surface area contributed by atoms with Gasteiger partial charge >= 0.3 is 0 Å². The Kier molecular flexibility index (Phi) is 4.56. The van der Waals surface area contributed by atoms with E-state index >= 15 is 0 Å². The summed E-state index contributed by atoms with van der Waals surface area (Å²) >= 11 is 0. The summed E-state index contributed by atoms with van der Waals surface area (Å²) < 4.78 is 7.79. The van der Waals surface area contributed by atoms with Crippen molar-refractivity contribution in [3.8, 4) is 0 Å². The lowest BCUT2D eigenvalue weighted by molar-refractivity contribution is 0.0571. The number of hydrogen-bond donors (Lipinski definition) is 1. The van der Waals surface area contributed by atoms with Crippen LogP contribution in [0.1, 0.15) is 26.6 Å². The molecule has 0 saturated carbocycles. The zero-order chi connectivity index (χ0) is 13.8. The average molecular weight is 261 g/mol. The van der Waals surface area contributed by atoms with Gasteiger partial charge in [-0.05, 0) is 32.9 Å². The molecule has 0 bridgehead atoms. The van der Waals surface area contributed by atoms with Crippen LogP contribution in [0.4, 0.5) is 0 Å². The minimum absolute atomic E-state index is 0.0259. The smallest absolute Gasteiger partial charge is 0.111 e. The van der Waals surface area contributed by atoms with Crippen molar-refractivity contribution in [2.75, 3.05) is 6.61 Å². The van der Waals surface area contributed by atoms with E-state index < -0.39 is 0 Å². The van der Waals surface area contributed by atoms with Gasteiger partial charge in [0.15, 0.2) is 0 Å². The van der Waals surface area contributed by atoms with Crippen LogP contribution in [-0.4, -0.2) is 28.3 Å². The van der Waals surface area contributed by atoms with Crippen LogP contribution in [0, 0.1) is 0 Å². The third kappa shape index (κ3) is 2.96. The Morgan fingerprint density at radius 2 is 2.05 bits per heavy atom. The highest BCUT2D eigenvalue weighted by atomic mass is 16.5. The second-order valence-corrected chi connectivity index (χ2v) is 4.79. The van der Waals surface area contributed by atoms with Crippen LogP contribution < -0.4 is 5.73 Å². The second-order valence-electron chi connectivity index (χ2n) is 4.79. The molecule has 4 nitrogen and oxygen atoms in total. The van der Waals surface area contributed by atoms with E-state index in [1.807, 2.05) is 32.0 Å². The largest absolute Gasteiger partial charge is 0.377 e. The van der Waals surface area contributed by atoms with Gasteiger partial charge in [0.25, 0.3) is 0 Å². The molecule has 2 N–H and O–H groups in total. The van der Waals surface area contributed by atoms with Gasteiger partial charge in [0.2, 0.25) is 0 Å². The monoisotopic (exact) mass is 261 g/mol. The first-order chi connectivity index (χ1) is 9.17. The molecule has 2 atom stereocenters. The Bertz CT molecular complexity index is 535. The van der Waals surface area contributed by atoms with Gasteiger partial charge in [-0.1, -0.05) is 12.1 Å². The topological polar surface area (TPSA) is 53.1 Å². The summed E-state index contributed by atoms with van der Waals surface area (Å²) in [6.07, 6.45) is 0.791. The number of nitrogens with two attached hydrogens (primary N) is 1. The average Bonchev–Trinajstić information content (AvgIpc) is 2.75. The minimum atomic E-state index is -0.0259. The van der Waals surface area contributed by atoms with E-state index in [2.05, 4.69) is 17.6 Å². The highest BCUT2D eigenvalue weighted by molar-refractivity contribution is 5.75. The zero-order valence-electron chi connectivity index (χ0n) is 12.0. The molecule has 0 saturated heterocycles. The van der Waals surface area contributed by atoms with Crippen LogP contribution in [-0.2, 0) is 17.7 Å². The normalized spacial score (nSPS) is 14.7. The highest BCUT2D eigenvalue weighted by Gasteiger charge is 2.17. The molecule has 1 aromatic carbocycles. The molecule has 0 fully saturated rings. The maximum atomic E-state index is 6.20. The van der Waals surface area contributed by atoms with Gasteiger partial charge in [0.05, 0.1) is 17.1 Å². The van der Waals surface area contributed by atoms with Crippen molar-refractivity contribution in [3.05, 3.63) is 30.1 Å². The number of imidazole rings is 1. The molecule has 0 aliphatic carbocycles. The predicted octanol–water partition coefficient (Wildman–Crippen LogP) is 2.35. The first kappa shape index (κ1) is 14.0. The van der Waals surface area contributed by atoms with Crippen molar-refractivity contribution in [2.24, 2.45) is 5.73 Å². The Morgan fingerprint density at radius 3 is 2.74 bits per heavy atom. The molecule has 1 heterocycles. The van der Waals surface area contributed by atoms with Gasteiger partial charge in [0, 0.05) is 25.6 Å². The summed E-state index contributed by atoms with van der Waals surface area (Å²) in [5.41, 5.74) is 8.42. The molecule has 19 heavy (non-hydrogen) atoms. The summed E-state index contributed by atoms with van der Waals surface area (Å²) in [7, 11) is 0. The van der Waals surface area contributed by atoms with Gasteiger partial charge in [0.1, 0.15) is 5.82 Å². The van der Waals surface area contributed by atoms with Crippen molar-refractivity contribution in [2.45, 2.75) is 45.9 Å². The number of rotatable bonds is 6. The van der Waals surface area contributed by atoms with Gasteiger partial charge in [-0.2, -0.15) is 0 Å². The van der Waals surface area contributed by atoms with E-state index in [4.69, 9.17) is 15.5 Å². The number of aryl methyl sites for hydroxylation is 1. The first-order valence-corrected chi connectivity index (χ1v) is 6.98. The lowest BCUT2D eigenvalue weighted by Gasteiger charge is -2.19. The molecule has 2 rings (SSSR count). The molecule has 2 unspecified atom stereocenters. The lowest BCUT2D eigenvalue weighted by atomic mass is 10.1. The van der Waals surface area contributed by atoms with Crippen molar-refractivity contribution < 1.29 is 4.74 Å². The molecule has 4 heteroatoms. The van der Waals surface area contributed by atoms with E-state index in [0.29, 0.717) is 6.61 Å². The van der Waals surface area contributed by atoms with Gasteiger partial charge in [-0.3, -0.25) is 0 Å². The first-order valence-electron chi connectivity index (χ1n) is 6.98. The maximum absolute atomic E-state index is 6.20. The molecule has 1 aromatic heterocycles. The zero-order valence-corrected chi connectivity index (χ0v) is 12.0. The summed E-state index contributed by atoms with van der Waals surface area (Å²) in [6, 6.07) is 8.18. The molecule has 0 radical (unpaired) electrons. The summed E-state index contributed by atoms with van der Waals surface area (Å²) in [5, 5.41) is 0. The minimum Gasteiger partial charge on any atom is -0.377 e. The van der Waals surface area contributed by atoms with E-state index in [9.17, 15) is 0 Å². The fourth-order valence-corrected chi connectivity index (χ4v) is 2.40. The Hall–Kier alpha value is -1.39. The number of aromatic nitrogens is 2. The Labute approximate surface area is 114 Å². The molecular weight excluding hydrogens is 238 g/mol. The van der Waals surface area contributed by atoms with Crippen molar-refractivity contribution in [1.82, 2.24) is 9.55 Å². The summed E-state index contributed by atoms with van der Waals surface area (Å²) in [6.45, 7) is 7.75. The fourth-order valence-electron chi connectivity index (χ4n) is 2.40. The van der Waals surface area contributed by atoms with Gasteiger partial charge < -0.3 is 15.0 Å². The lowest BCUT2D eigenvalue weighted by Crippen LogP contribution is -2.37. The van der Waals surface area contributed by atoms with E-state index in [0.717, 1.165) is 24.3 Å². The molecule has 0 amide bonds. The van der Waals surface area contributed by atoms with Crippen LogP contribution in [0.3, 0.4) is 0 Å². The van der Waals surface area contributed by atoms with Crippen LogP contribution in [0.5, 0.6) is 0 Å². The molecule has 2 aromatic rings. The molecular formula is C15H23N3O.